The standard InChI is InChI=1S/C29H48O3/c1-18(2)7-6-8-19(3)27-11-12-28-26-15-21(17-30)25-16-22(32-20(4)31)9-10-23(25)24(26)13-14-29(27,28)5/h18-19,21-22,24,26-28,30H,6-17H2,1-5H3/t19-,21+,22+,24-,26-,27-,28+,29-/m1/s1. The van der Waals surface area contributed by atoms with Crippen molar-refractivity contribution in [2.45, 2.75) is 111 Å². The highest BCUT2D eigenvalue weighted by Crippen LogP contribution is 2.65. The highest BCUT2D eigenvalue weighted by atomic mass is 16.5. The van der Waals surface area contributed by atoms with Gasteiger partial charge in [-0.3, -0.25) is 4.79 Å². The molecule has 4 aliphatic carbocycles. The minimum atomic E-state index is -0.166. The van der Waals surface area contributed by atoms with Crippen molar-refractivity contribution in [3.05, 3.63) is 11.1 Å². The summed E-state index contributed by atoms with van der Waals surface area (Å²) in [6, 6.07) is 0. The maximum absolute atomic E-state index is 11.5. The molecule has 0 saturated heterocycles. The maximum Gasteiger partial charge on any atom is 0.302 e. The Morgan fingerprint density at radius 1 is 1.12 bits per heavy atom. The lowest BCUT2D eigenvalue weighted by molar-refractivity contribution is -0.147. The molecular weight excluding hydrogens is 396 g/mol. The Balaban J connectivity index is 1.50. The first-order valence-corrected chi connectivity index (χ1v) is 13.7. The van der Waals surface area contributed by atoms with Crippen molar-refractivity contribution in [2.75, 3.05) is 6.61 Å². The third-order valence-corrected chi connectivity index (χ3v) is 10.3. The van der Waals surface area contributed by atoms with Crippen LogP contribution in [0.3, 0.4) is 0 Å². The second-order valence-corrected chi connectivity index (χ2v) is 12.5. The summed E-state index contributed by atoms with van der Waals surface area (Å²) in [6.07, 6.45) is 13.8. The van der Waals surface area contributed by atoms with E-state index >= 15 is 0 Å². The number of esters is 1. The third-order valence-electron chi connectivity index (χ3n) is 10.3. The number of allylic oxidation sites excluding steroid dienone is 1. The summed E-state index contributed by atoms with van der Waals surface area (Å²) in [5.41, 5.74) is 3.62. The number of hydrogen-bond acceptors (Lipinski definition) is 3. The van der Waals surface area contributed by atoms with E-state index in [4.69, 9.17) is 4.74 Å². The summed E-state index contributed by atoms with van der Waals surface area (Å²) in [5.74, 6) is 4.96. The van der Waals surface area contributed by atoms with Crippen molar-refractivity contribution in [1.82, 2.24) is 0 Å². The summed E-state index contributed by atoms with van der Waals surface area (Å²) in [4.78, 5) is 11.5. The summed E-state index contributed by atoms with van der Waals surface area (Å²) in [6.45, 7) is 11.7. The lowest BCUT2D eigenvalue weighted by atomic mass is 9.51. The van der Waals surface area contributed by atoms with Crippen LogP contribution >= 0.6 is 0 Å². The normalized spacial score (nSPS) is 40.0. The van der Waals surface area contributed by atoms with Gasteiger partial charge in [-0.15, -0.1) is 0 Å². The predicted octanol–water partition coefficient (Wildman–Crippen LogP) is 6.93. The van der Waals surface area contributed by atoms with Gasteiger partial charge in [-0.25, -0.2) is 0 Å². The lowest BCUT2D eigenvalue weighted by Gasteiger charge is -2.54. The zero-order chi connectivity index (χ0) is 23.0. The van der Waals surface area contributed by atoms with E-state index in [1.807, 2.05) is 0 Å². The Hall–Kier alpha value is -0.830. The average molecular weight is 445 g/mol. The third kappa shape index (κ3) is 4.57. The van der Waals surface area contributed by atoms with Crippen LogP contribution in [0.15, 0.2) is 11.1 Å². The largest absolute Gasteiger partial charge is 0.462 e. The van der Waals surface area contributed by atoms with Crippen LogP contribution in [0.4, 0.5) is 0 Å². The monoisotopic (exact) mass is 444 g/mol. The van der Waals surface area contributed by atoms with E-state index in [-0.39, 0.29) is 24.6 Å². The van der Waals surface area contributed by atoms with Gasteiger partial charge < -0.3 is 9.84 Å². The molecule has 0 unspecified atom stereocenters. The van der Waals surface area contributed by atoms with Crippen LogP contribution in [-0.4, -0.2) is 23.8 Å². The highest BCUT2D eigenvalue weighted by Gasteiger charge is 2.56. The molecule has 0 amide bonds. The first-order valence-electron chi connectivity index (χ1n) is 13.7. The zero-order valence-electron chi connectivity index (χ0n) is 21.4. The smallest absolute Gasteiger partial charge is 0.302 e. The van der Waals surface area contributed by atoms with E-state index in [0.29, 0.717) is 5.41 Å². The van der Waals surface area contributed by atoms with E-state index in [2.05, 4.69) is 27.7 Å². The fourth-order valence-corrected chi connectivity index (χ4v) is 8.87. The molecule has 4 rings (SSSR count). The van der Waals surface area contributed by atoms with Crippen LogP contribution in [0.25, 0.3) is 0 Å². The Morgan fingerprint density at radius 3 is 2.59 bits per heavy atom. The van der Waals surface area contributed by atoms with Crippen LogP contribution < -0.4 is 0 Å². The molecule has 0 aromatic rings. The van der Waals surface area contributed by atoms with E-state index in [0.717, 1.165) is 61.2 Å². The van der Waals surface area contributed by atoms with Gasteiger partial charge in [-0.1, -0.05) is 58.1 Å². The average Bonchev–Trinajstić information content (AvgIpc) is 3.09. The van der Waals surface area contributed by atoms with Gasteiger partial charge in [0, 0.05) is 25.9 Å². The fraction of sp³-hybridized carbons (Fsp3) is 0.897. The summed E-state index contributed by atoms with van der Waals surface area (Å²) in [5, 5.41) is 10.3. The summed E-state index contributed by atoms with van der Waals surface area (Å²) < 4.78 is 5.59. The minimum Gasteiger partial charge on any atom is -0.462 e. The Bertz CT molecular complexity index is 709. The molecule has 3 nitrogen and oxygen atoms in total. The van der Waals surface area contributed by atoms with Crippen molar-refractivity contribution in [1.29, 1.82) is 0 Å². The van der Waals surface area contributed by atoms with Crippen LogP contribution in [0.1, 0.15) is 105 Å². The number of fused-ring (bicyclic) bond motifs is 4. The highest BCUT2D eigenvalue weighted by molar-refractivity contribution is 5.66. The van der Waals surface area contributed by atoms with Gasteiger partial charge >= 0.3 is 5.97 Å². The molecular formula is C29H48O3. The second kappa shape index (κ2) is 9.80. The molecule has 182 valence electrons. The molecule has 0 spiro atoms. The number of rotatable bonds is 7. The molecule has 2 fully saturated rings. The van der Waals surface area contributed by atoms with Gasteiger partial charge in [0.1, 0.15) is 6.10 Å². The first-order chi connectivity index (χ1) is 15.2. The minimum absolute atomic E-state index is 0.0215. The number of hydrogen-bond donors (Lipinski definition) is 1. The molecule has 8 atom stereocenters. The quantitative estimate of drug-likeness (QED) is 0.342. The van der Waals surface area contributed by atoms with Crippen LogP contribution in [0.2, 0.25) is 0 Å². The van der Waals surface area contributed by atoms with Gasteiger partial charge in [-0.05, 0) is 85.9 Å². The molecule has 0 heterocycles. The van der Waals surface area contributed by atoms with Crippen molar-refractivity contribution < 1.29 is 14.6 Å². The SMILES string of the molecule is CC(=O)O[C@H]1CCC2=C(C1)[C@H](CO)C[C@@H]1[C@@H]2CC[C@]2(C)[C@@H]([C@H](C)CCCC(C)C)CC[C@@H]12. The first kappa shape index (κ1) is 24.3. The molecule has 0 aliphatic heterocycles. The Labute approximate surface area is 196 Å². The molecule has 4 aliphatic rings. The molecule has 0 aromatic heterocycles. The van der Waals surface area contributed by atoms with E-state index < -0.39 is 0 Å². The summed E-state index contributed by atoms with van der Waals surface area (Å²) >= 11 is 0. The molecule has 0 radical (unpaired) electrons. The molecule has 2 saturated carbocycles. The molecule has 1 N–H and O–H groups in total. The van der Waals surface area contributed by atoms with Gasteiger partial charge in [0.25, 0.3) is 0 Å². The van der Waals surface area contributed by atoms with Crippen molar-refractivity contribution >= 4 is 5.97 Å². The number of aliphatic hydroxyl groups excluding tert-OH is 1. The van der Waals surface area contributed by atoms with Crippen LogP contribution in [0.5, 0.6) is 0 Å². The number of carbonyl (C=O) groups excluding carboxylic acids is 1. The Kier molecular flexibility index (Phi) is 7.45. The second-order valence-electron chi connectivity index (χ2n) is 12.5. The predicted molar refractivity (Wildman–Crippen MR) is 130 cm³/mol. The molecule has 0 aromatic carbocycles. The van der Waals surface area contributed by atoms with Crippen molar-refractivity contribution in [3.63, 3.8) is 0 Å². The van der Waals surface area contributed by atoms with Gasteiger partial charge in [0.15, 0.2) is 0 Å². The number of aliphatic hydroxyl groups is 1. The van der Waals surface area contributed by atoms with E-state index in [9.17, 15) is 9.90 Å². The molecule has 3 heteroatoms. The van der Waals surface area contributed by atoms with Crippen molar-refractivity contribution in [2.24, 2.45) is 46.8 Å². The van der Waals surface area contributed by atoms with Crippen LogP contribution in [0, 0.1) is 46.8 Å². The lowest BCUT2D eigenvalue weighted by Crippen LogP contribution is -2.47. The molecule has 32 heavy (non-hydrogen) atoms. The van der Waals surface area contributed by atoms with Crippen molar-refractivity contribution in [3.8, 4) is 0 Å². The summed E-state index contributed by atoms with van der Waals surface area (Å²) in [7, 11) is 0. The van der Waals surface area contributed by atoms with Gasteiger partial charge in [0.2, 0.25) is 0 Å². The zero-order valence-corrected chi connectivity index (χ0v) is 21.4. The topological polar surface area (TPSA) is 46.5 Å². The molecule has 0 bridgehead atoms. The van der Waals surface area contributed by atoms with Crippen LogP contribution in [-0.2, 0) is 9.53 Å². The number of ether oxygens (including phenoxy) is 1. The Morgan fingerprint density at radius 2 is 1.91 bits per heavy atom. The fourth-order valence-electron chi connectivity index (χ4n) is 8.87. The van der Waals surface area contributed by atoms with Gasteiger partial charge in [-0.2, -0.15) is 0 Å². The maximum atomic E-state index is 11.5. The van der Waals surface area contributed by atoms with E-state index in [1.54, 1.807) is 5.57 Å². The van der Waals surface area contributed by atoms with E-state index in [1.165, 1.54) is 57.4 Å². The number of carbonyl (C=O) groups is 1. The van der Waals surface area contributed by atoms with Gasteiger partial charge in [0.05, 0.1) is 0 Å².